The molecule has 5 N–H and O–H groups in total. The van der Waals surface area contributed by atoms with Gasteiger partial charge in [0.2, 0.25) is 0 Å². The van der Waals surface area contributed by atoms with Gasteiger partial charge in [-0.25, -0.2) is 9.78 Å². The number of carboxylic acids is 3. The molecule has 0 saturated heterocycles. The summed E-state index contributed by atoms with van der Waals surface area (Å²) in [6, 6.07) is 10.3. The first-order chi connectivity index (χ1) is 13.2. The fourth-order valence-electron chi connectivity index (χ4n) is 2.10. The second-order valence-electron chi connectivity index (χ2n) is 5.84. The predicted octanol–water partition coefficient (Wildman–Crippen LogP) is 1.32. The molecule has 10 heteroatoms. The Kier molecular flexibility index (Phi) is 9.22. The fraction of sp³-hybridized carbons (Fsp3) is 0.333. The molecule has 28 heavy (non-hydrogen) atoms. The lowest BCUT2D eigenvalue weighted by Gasteiger charge is -2.18. The maximum Gasteiger partial charge on any atom is 0.336 e. The highest BCUT2D eigenvalue weighted by atomic mass is 32.1. The first-order valence-electron chi connectivity index (χ1n) is 8.21. The van der Waals surface area contributed by atoms with Crippen molar-refractivity contribution in [3.63, 3.8) is 0 Å². The molecule has 1 heterocycles. The van der Waals surface area contributed by atoms with Gasteiger partial charge in [-0.2, -0.15) is 0 Å². The highest BCUT2D eigenvalue weighted by molar-refractivity contribution is 7.13. The zero-order valence-electron chi connectivity index (χ0n) is 15.2. The average Bonchev–Trinajstić information content (AvgIpc) is 3.09. The molecule has 0 aliphatic heterocycles. The zero-order valence-corrected chi connectivity index (χ0v) is 16.0. The molecule has 0 aliphatic carbocycles. The summed E-state index contributed by atoms with van der Waals surface area (Å²) in [6.07, 6.45) is -1.29. The third-order valence-corrected chi connectivity index (χ3v) is 4.43. The molecule has 0 radical (unpaired) electrons. The maximum absolute atomic E-state index is 10.3. The van der Waals surface area contributed by atoms with Crippen LogP contribution in [0, 0.1) is 0 Å². The second kappa shape index (κ2) is 11.1. The molecule has 0 atom stereocenters. The summed E-state index contributed by atoms with van der Waals surface area (Å²) in [5, 5.41) is 40.2. The molecule has 0 spiro atoms. The van der Waals surface area contributed by atoms with E-state index in [1.54, 1.807) is 11.3 Å². The number of aliphatic hydroxyl groups is 1. The minimum Gasteiger partial charge on any atom is -0.481 e. The highest BCUT2D eigenvalue weighted by Gasteiger charge is 2.40. The van der Waals surface area contributed by atoms with E-state index in [2.05, 4.69) is 27.8 Å². The number of thiazole rings is 1. The van der Waals surface area contributed by atoms with Crippen LogP contribution in [0.5, 0.6) is 0 Å². The summed E-state index contributed by atoms with van der Waals surface area (Å²) >= 11 is 1.71. The quantitative estimate of drug-likeness (QED) is 0.411. The number of rotatable bonds is 9. The fourth-order valence-corrected chi connectivity index (χ4v) is 2.96. The van der Waals surface area contributed by atoms with Crippen LogP contribution in [0.2, 0.25) is 0 Å². The molecule has 0 fully saturated rings. The van der Waals surface area contributed by atoms with Gasteiger partial charge in [0, 0.05) is 23.9 Å². The van der Waals surface area contributed by atoms with E-state index in [9.17, 15) is 14.4 Å². The third kappa shape index (κ3) is 7.82. The van der Waals surface area contributed by atoms with Crippen LogP contribution >= 0.6 is 11.3 Å². The number of hydrogen-bond donors (Lipinski definition) is 5. The maximum atomic E-state index is 10.3. The molecule has 0 unspecified atom stereocenters. The Morgan fingerprint density at radius 3 is 2.11 bits per heavy atom. The summed E-state index contributed by atoms with van der Waals surface area (Å²) in [5.41, 5.74) is -0.357. The van der Waals surface area contributed by atoms with Crippen LogP contribution in [0.25, 0.3) is 10.6 Å². The van der Waals surface area contributed by atoms with Crippen LogP contribution in [0.3, 0.4) is 0 Å². The lowest BCUT2D eigenvalue weighted by molar-refractivity contribution is -0.170. The summed E-state index contributed by atoms with van der Waals surface area (Å²) in [7, 11) is 1.96. The molecule has 1 aromatic heterocycles. The van der Waals surface area contributed by atoms with E-state index >= 15 is 0 Å². The average molecular weight is 410 g/mol. The lowest BCUT2D eigenvalue weighted by atomic mass is 9.96. The van der Waals surface area contributed by atoms with Crippen LogP contribution < -0.4 is 5.32 Å². The van der Waals surface area contributed by atoms with Gasteiger partial charge in [-0.05, 0) is 7.05 Å². The van der Waals surface area contributed by atoms with Crippen molar-refractivity contribution < 1.29 is 34.8 Å². The number of nitrogens with one attached hydrogen (secondary N) is 1. The van der Waals surface area contributed by atoms with E-state index in [0.29, 0.717) is 0 Å². The number of aromatic nitrogens is 1. The van der Waals surface area contributed by atoms with Crippen LogP contribution in [-0.2, 0) is 20.8 Å². The van der Waals surface area contributed by atoms with E-state index in [0.717, 1.165) is 18.0 Å². The van der Waals surface area contributed by atoms with Gasteiger partial charge in [0.15, 0.2) is 5.60 Å². The van der Waals surface area contributed by atoms with Crippen molar-refractivity contribution in [2.75, 3.05) is 13.6 Å². The Labute approximate surface area is 165 Å². The van der Waals surface area contributed by atoms with Gasteiger partial charge in [0.25, 0.3) is 0 Å². The molecule has 2 aromatic rings. The molecule has 0 aliphatic rings. The Morgan fingerprint density at radius 1 is 1.07 bits per heavy atom. The van der Waals surface area contributed by atoms with Gasteiger partial charge in [-0.3, -0.25) is 9.59 Å². The number of aliphatic carboxylic acids is 3. The SMILES string of the molecule is CNCCc1csc(-c2ccccc2)n1.O=C(O)CC(O)(CC(=O)O)C(=O)O. The van der Waals surface area contributed by atoms with Crippen molar-refractivity contribution in [2.24, 2.45) is 0 Å². The third-order valence-electron chi connectivity index (χ3n) is 3.49. The summed E-state index contributed by atoms with van der Waals surface area (Å²) in [4.78, 5) is 35.1. The van der Waals surface area contributed by atoms with Crippen molar-refractivity contribution in [1.29, 1.82) is 0 Å². The largest absolute Gasteiger partial charge is 0.481 e. The van der Waals surface area contributed by atoms with E-state index in [1.807, 2.05) is 25.2 Å². The molecule has 9 nitrogen and oxygen atoms in total. The summed E-state index contributed by atoms with van der Waals surface area (Å²) in [5.74, 6) is -5.02. The first kappa shape index (κ1) is 23.2. The van der Waals surface area contributed by atoms with Gasteiger partial charge in [-0.1, -0.05) is 30.3 Å². The zero-order chi connectivity index (χ0) is 21.2. The van der Waals surface area contributed by atoms with Crippen molar-refractivity contribution in [2.45, 2.75) is 24.9 Å². The lowest BCUT2D eigenvalue weighted by Crippen LogP contribution is -2.42. The van der Waals surface area contributed by atoms with Crippen LogP contribution in [-0.4, -0.2) is 62.5 Å². The van der Waals surface area contributed by atoms with Crippen molar-refractivity contribution in [1.82, 2.24) is 10.3 Å². The number of carboxylic acid groups (broad SMARTS) is 3. The molecule has 2 rings (SSSR count). The van der Waals surface area contributed by atoms with Gasteiger partial charge in [0.05, 0.1) is 18.5 Å². The highest BCUT2D eigenvalue weighted by Crippen LogP contribution is 2.23. The summed E-state index contributed by atoms with van der Waals surface area (Å²) < 4.78 is 0. The van der Waals surface area contributed by atoms with Gasteiger partial charge < -0.3 is 25.7 Å². The van der Waals surface area contributed by atoms with Crippen molar-refractivity contribution in [3.05, 3.63) is 41.4 Å². The Balaban J connectivity index is 0.000000284. The van der Waals surface area contributed by atoms with Gasteiger partial charge in [0.1, 0.15) is 5.01 Å². The van der Waals surface area contributed by atoms with Gasteiger partial charge >= 0.3 is 17.9 Å². The van der Waals surface area contributed by atoms with Crippen LogP contribution in [0.1, 0.15) is 18.5 Å². The molecule has 0 saturated carbocycles. The normalized spacial score (nSPS) is 10.6. The Hall–Kier alpha value is -2.82. The Morgan fingerprint density at radius 2 is 1.64 bits per heavy atom. The molecule has 1 aromatic carbocycles. The second-order valence-corrected chi connectivity index (χ2v) is 6.70. The van der Waals surface area contributed by atoms with Crippen LogP contribution in [0.15, 0.2) is 35.7 Å². The monoisotopic (exact) mass is 410 g/mol. The van der Waals surface area contributed by atoms with Crippen molar-refractivity contribution in [3.8, 4) is 10.6 Å². The standard InChI is InChI=1S/C12H14N2S.C6H8O7/c1-13-8-7-11-9-15-12(14-11)10-5-3-2-4-6-10;7-3(8)1-6(13,5(11)12)2-4(9)10/h2-6,9,13H,7-8H2,1H3;13H,1-2H2,(H,7,8)(H,9,10)(H,11,12). The van der Waals surface area contributed by atoms with Crippen LogP contribution in [0.4, 0.5) is 0 Å². The number of likely N-dealkylation sites (N-methyl/N-ethyl adjacent to an activating group) is 1. The predicted molar refractivity (Wildman–Crippen MR) is 102 cm³/mol. The topological polar surface area (TPSA) is 157 Å². The van der Waals surface area contributed by atoms with E-state index in [-0.39, 0.29) is 0 Å². The van der Waals surface area contributed by atoms with Gasteiger partial charge in [-0.15, -0.1) is 11.3 Å². The number of carbonyl (C=O) groups is 3. The minimum atomic E-state index is -2.74. The van der Waals surface area contributed by atoms with Crippen molar-refractivity contribution >= 4 is 29.2 Å². The molecule has 152 valence electrons. The number of hydrogen-bond acceptors (Lipinski definition) is 7. The number of benzene rings is 1. The molecular weight excluding hydrogens is 388 g/mol. The number of nitrogens with zero attached hydrogens (tertiary/aromatic N) is 1. The molecule has 0 amide bonds. The molecular formula is C18H22N2O7S. The van der Waals surface area contributed by atoms with E-state index in [1.165, 1.54) is 11.3 Å². The molecule has 0 bridgehead atoms. The first-order valence-corrected chi connectivity index (χ1v) is 9.09. The Bertz CT molecular complexity index is 776. The van der Waals surface area contributed by atoms with E-state index in [4.69, 9.17) is 20.4 Å². The minimum absolute atomic E-state index is 0.984. The smallest absolute Gasteiger partial charge is 0.336 e. The van der Waals surface area contributed by atoms with E-state index < -0.39 is 36.4 Å². The summed E-state index contributed by atoms with van der Waals surface area (Å²) in [6.45, 7) is 0.984.